The van der Waals surface area contributed by atoms with Crippen molar-refractivity contribution in [3.8, 4) is 0 Å². The van der Waals surface area contributed by atoms with Crippen molar-refractivity contribution < 1.29 is 18.7 Å². The zero-order valence-corrected chi connectivity index (χ0v) is 14.8. The Kier molecular flexibility index (Phi) is 3.82. The Morgan fingerprint density at radius 3 is 2.65 bits per heavy atom. The molecule has 1 aromatic heterocycles. The number of benzene rings is 1. The number of ether oxygens (including phenoxy) is 1. The van der Waals surface area contributed by atoms with Crippen LogP contribution in [0.25, 0.3) is 10.9 Å². The fraction of sp³-hybridized carbons (Fsp3) is 0.421. The smallest absolute Gasteiger partial charge is 0.410 e. The third-order valence-electron chi connectivity index (χ3n) is 5.23. The van der Waals surface area contributed by atoms with Crippen LogP contribution in [0.2, 0.25) is 0 Å². The van der Waals surface area contributed by atoms with Gasteiger partial charge in [-0.1, -0.05) is 0 Å². The molecule has 26 heavy (non-hydrogen) atoms. The van der Waals surface area contributed by atoms with Crippen molar-refractivity contribution in [3.63, 3.8) is 0 Å². The molecule has 0 atom stereocenters. The first-order chi connectivity index (χ1) is 12.4. The van der Waals surface area contributed by atoms with E-state index in [1.807, 2.05) is 0 Å². The summed E-state index contributed by atoms with van der Waals surface area (Å²) in [5.74, 6) is -0.472. The lowest BCUT2D eigenvalue weighted by Crippen LogP contribution is -2.48. The lowest BCUT2D eigenvalue weighted by Gasteiger charge is -2.37. The monoisotopic (exact) mass is 357 g/mol. The molecule has 2 fully saturated rings. The van der Waals surface area contributed by atoms with E-state index in [0.29, 0.717) is 54.6 Å². The van der Waals surface area contributed by atoms with E-state index in [1.165, 1.54) is 12.1 Å². The Labute approximate surface area is 150 Å². The summed E-state index contributed by atoms with van der Waals surface area (Å²) in [6.45, 7) is 3.39. The van der Waals surface area contributed by atoms with E-state index in [-0.39, 0.29) is 17.8 Å². The Morgan fingerprint density at radius 1 is 1.27 bits per heavy atom. The van der Waals surface area contributed by atoms with E-state index in [9.17, 15) is 14.0 Å². The second-order valence-electron chi connectivity index (χ2n) is 7.17. The highest BCUT2D eigenvalue weighted by molar-refractivity contribution is 6.06. The predicted octanol–water partition coefficient (Wildman–Crippen LogP) is 2.74. The maximum Gasteiger partial charge on any atom is 0.410 e. The summed E-state index contributed by atoms with van der Waals surface area (Å²) < 4.78 is 19.0. The average Bonchev–Trinajstić information content (AvgIpc) is 2.87. The van der Waals surface area contributed by atoms with Crippen molar-refractivity contribution >= 4 is 22.9 Å². The van der Waals surface area contributed by atoms with Crippen LogP contribution in [0.1, 0.15) is 28.9 Å². The summed E-state index contributed by atoms with van der Waals surface area (Å²) in [5, 5.41) is 0.648. The number of hydrogen-bond acceptors (Lipinski definition) is 4. The third kappa shape index (κ3) is 2.77. The number of aromatic nitrogens is 1. The van der Waals surface area contributed by atoms with Crippen LogP contribution in [-0.2, 0) is 4.74 Å². The Balaban J connectivity index is 1.58. The number of aryl methyl sites for hydroxylation is 1. The number of carbonyl (C=O) groups is 2. The van der Waals surface area contributed by atoms with Crippen molar-refractivity contribution in [1.29, 1.82) is 0 Å². The van der Waals surface area contributed by atoms with Gasteiger partial charge in [-0.3, -0.25) is 9.78 Å². The summed E-state index contributed by atoms with van der Waals surface area (Å²) in [6.07, 6.45) is 0.930. The van der Waals surface area contributed by atoms with Crippen LogP contribution in [0.15, 0.2) is 24.3 Å². The van der Waals surface area contributed by atoms with Gasteiger partial charge in [0.15, 0.2) is 0 Å². The first-order valence-corrected chi connectivity index (χ1v) is 8.67. The SMILES string of the molecule is Cc1cc(C(=O)N2CCC3(CC2)CN(C)C(=O)O3)c2ccc(F)cc2n1. The van der Waals surface area contributed by atoms with Gasteiger partial charge in [-0.15, -0.1) is 0 Å². The quantitative estimate of drug-likeness (QED) is 0.787. The Bertz CT molecular complexity index is 901. The molecule has 136 valence electrons. The van der Waals surface area contributed by atoms with Crippen LogP contribution in [-0.4, -0.2) is 59.1 Å². The minimum atomic E-state index is -0.484. The van der Waals surface area contributed by atoms with Crippen LogP contribution < -0.4 is 0 Å². The van der Waals surface area contributed by atoms with Crippen LogP contribution in [0.3, 0.4) is 0 Å². The number of piperidine rings is 1. The molecule has 0 radical (unpaired) electrons. The molecule has 2 aromatic rings. The number of rotatable bonds is 1. The van der Waals surface area contributed by atoms with Gasteiger partial charge in [0.25, 0.3) is 5.91 Å². The Hall–Kier alpha value is -2.70. The van der Waals surface area contributed by atoms with E-state index >= 15 is 0 Å². The van der Waals surface area contributed by atoms with E-state index in [4.69, 9.17) is 4.74 Å². The molecule has 1 aromatic carbocycles. The topological polar surface area (TPSA) is 62.7 Å². The lowest BCUT2D eigenvalue weighted by molar-refractivity contribution is 0.00323. The second kappa shape index (κ2) is 5.93. The highest BCUT2D eigenvalue weighted by atomic mass is 19.1. The molecular formula is C19H20FN3O3. The second-order valence-corrected chi connectivity index (χ2v) is 7.17. The van der Waals surface area contributed by atoms with E-state index in [0.717, 1.165) is 0 Å². The summed E-state index contributed by atoms with van der Waals surface area (Å²) in [5.41, 5.74) is 1.20. The van der Waals surface area contributed by atoms with E-state index < -0.39 is 5.60 Å². The van der Waals surface area contributed by atoms with Crippen LogP contribution in [0, 0.1) is 12.7 Å². The summed E-state index contributed by atoms with van der Waals surface area (Å²) >= 11 is 0. The van der Waals surface area contributed by atoms with Crippen LogP contribution in [0.4, 0.5) is 9.18 Å². The highest BCUT2D eigenvalue weighted by Gasteiger charge is 2.46. The largest absolute Gasteiger partial charge is 0.441 e. The van der Waals surface area contributed by atoms with Gasteiger partial charge in [-0.2, -0.15) is 0 Å². The molecule has 2 saturated heterocycles. The van der Waals surface area contributed by atoms with Crippen molar-refractivity contribution in [1.82, 2.24) is 14.8 Å². The number of hydrogen-bond donors (Lipinski definition) is 0. The molecule has 1 spiro atoms. The minimum Gasteiger partial charge on any atom is -0.441 e. The molecular weight excluding hydrogens is 337 g/mol. The number of amides is 2. The molecule has 0 saturated carbocycles. The molecule has 6 nitrogen and oxygen atoms in total. The van der Waals surface area contributed by atoms with Crippen molar-refractivity contribution in [3.05, 3.63) is 41.3 Å². The lowest BCUT2D eigenvalue weighted by atomic mass is 9.91. The fourth-order valence-corrected chi connectivity index (χ4v) is 3.85. The Morgan fingerprint density at radius 2 is 2.00 bits per heavy atom. The fourth-order valence-electron chi connectivity index (χ4n) is 3.85. The standard InChI is InChI=1S/C19H20FN3O3/c1-12-9-15(14-4-3-13(20)10-16(14)21-12)17(24)23-7-5-19(6-8-23)11-22(2)18(25)26-19/h3-4,9-10H,5-8,11H2,1-2H3. The van der Waals surface area contributed by atoms with Gasteiger partial charge in [0.05, 0.1) is 17.6 Å². The maximum absolute atomic E-state index is 13.5. The van der Waals surface area contributed by atoms with Crippen molar-refractivity contribution in [2.45, 2.75) is 25.4 Å². The maximum atomic E-state index is 13.5. The van der Waals surface area contributed by atoms with Gasteiger partial charge in [0.1, 0.15) is 11.4 Å². The number of pyridine rings is 1. The zero-order chi connectivity index (χ0) is 18.5. The normalized spacial score (nSPS) is 19.3. The molecule has 2 aliphatic heterocycles. The molecule has 7 heteroatoms. The minimum absolute atomic E-state index is 0.0976. The molecule has 4 rings (SSSR count). The number of nitrogens with zero attached hydrogens (tertiary/aromatic N) is 3. The van der Waals surface area contributed by atoms with Gasteiger partial charge >= 0.3 is 6.09 Å². The number of likely N-dealkylation sites (tertiary alicyclic amines) is 1. The first-order valence-electron chi connectivity index (χ1n) is 8.67. The van der Waals surface area contributed by atoms with Gasteiger partial charge in [-0.25, -0.2) is 9.18 Å². The molecule has 3 heterocycles. The van der Waals surface area contributed by atoms with Crippen molar-refractivity contribution in [2.75, 3.05) is 26.7 Å². The van der Waals surface area contributed by atoms with Crippen LogP contribution in [0.5, 0.6) is 0 Å². The van der Waals surface area contributed by atoms with Gasteiger partial charge < -0.3 is 14.5 Å². The number of fused-ring (bicyclic) bond motifs is 1. The number of likely N-dealkylation sites (N-methyl/N-ethyl adjacent to an activating group) is 1. The average molecular weight is 357 g/mol. The summed E-state index contributed by atoms with van der Waals surface area (Å²) in [7, 11) is 1.72. The molecule has 0 aliphatic carbocycles. The number of halogens is 1. The van der Waals surface area contributed by atoms with Gasteiger partial charge in [0.2, 0.25) is 0 Å². The molecule has 2 aliphatic rings. The molecule has 0 bridgehead atoms. The third-order valence-corrected chi connectivity index (χ3v) is 5.23. The van der Waals surface area contributed by atoms with Gasteiger partial charge in [-0.05, 0) is 25.1 Å². The van der Waals surface area contributed by atoms with Crippen LogP contribution >= 0.6 is 0 Å². The highest BCUT2D eigenvalue weighted by Crippen LogP contribution is 2.33. The number of carbonyl (C=O) groups excluding carboxylic acids is 2. The predicted molar refractivity (Wildman–Crippen MR) is 93.4 cm³/mol. The summed E-state index contributed by atoms with van der Waals surface area (Å²) in [6, 6.07) is 6.03. The van der Waals surface area contributed by atoms with Crippen molar-refractivity contribution in [2.24, 2.45) is 0 Å². The summed E-state index contributed by atoms with van der Waals surface area (Å²) in [4.78, 5) is 32.4. The first kappa shape index (κ1) is 16.8. The molecule has 0 N–H and O–H groups in total. The van der Waals surface area contributed by atoms with Gasteiger partial charge in [0, 0.05) is 50.1 Å². The molecule has 2 amide bonds. The van der Waals surface area contributed by atoms with E-state index in [1.54, 1.807) is 35.9 Å². The zero-order valence-electron chi connectivity index (χ0n) is 14.8. The molecule has 0 unspecified atom stereocenters. The van der Waals surface area contributed by atoms with E-state index in [2.05, 4.69) is 4.98 Å².